The highest BCUT2D eigenvalue weighted by Crippen LogP contribution is 2.26. The topological polar surface area (TPSA) is 81.7 Å². The van der Waals surface area contributed by atoms with E-state index in [-0.39, 0.29) is 12.1 Å². The largest absolute Gasteiger partial charge is 0.480 e. The number of carbonyl (C=O) groups is 2. The van der Waals surface area contributed by atoms with Gasteiger partial charge in [0.1, 0.15) is 6.04 Å². The molecule has 0 bridgehead atoms. The minimum absolute atomic E-state index is 0.166. The van der Waals surface area contributed by atoms with Gasteiger partial charge in [0.2, 0.25) is 0 Å². The van der Waals surface area contributed by atoms with Gasteiger partial charge in [-0.2, -0.15) is 11.8 Å². The number of amides is 2. The summed E-state index contributed by atoms with van der Waals surface area (Å²) in [6.45, 7) is 2.21. The third-order valence-corrected chi connectivity index (χ3v) is 5.01. The Morgan fingerprint density at radius 1 is 1.38 bits per heavy atom. The number of fused-ring (bicyclic) bond motifs is 1. The van der Waals surface area contributed by atoms with Crippen LogP contribution in [-0.2, 0) is 4.79 Å². The van der Waals surface area contributed by atoms with Crippen molar-refractivity contribution >= 4 is 23.8 Å². The molecule has 2 heterocycles. The number of nitrogens with one attached hydrogen (secondary N) is 2. The van der Waals surface area contributed by atoms with E-state index < -0.39 is 12.0 Å². The van der Waals surface area contributed by atoms with Crippen molar-refractivity contribution < 1.29 is 14.7 Å². The lowest BCUT2D eigenvalue weighted by Crippen LogP contribution is -2.53. The molecule has 2 aliphatic heterocycles. The second kappa shape index (κ2) is 7.89. The standard InChI is InChI=1S/C14H25N3O3S/c1-21-8-5-12(13(18)19)16-14(20)15-10-4-7-17-6-2-3-11(17)9-10/h10-12H,2-9H2,1H3,(H,18,19)(H2,15,16,20)/t10?,11?,12-/m0/s1. The maximum Gasteiger partial charge on any atom is 0.326 e. The molecule has 2 unspecified atom stereocenters. The van der Waals surface area contributed by atoms with Crippen LogP contribution < -0.4 is 10.6 Å². The number of thioether (sulfide) groups is 1. The molecule has 0 aromatic heterocycles. The number of rotatable bonds is 6. The molecule has 0 radical (unpaired) electrons. The highest BCUT2D eigenvalue weighted by atomic mass is 32.2. The summed E-state index contributed by atoms with van der Waals surface area (Å²) >= 11 is 1.58. The molecule has 2 aliphatic rings. The average Bonchev–Trinajstić information content (AvgIpc) is 2.90. The van der Waals surface area contributed by atoms with E-state index in [4.69, 9.17) is 5.11 Å². The van der Waals surface area contributed by atoms with Gasteiger partial charge in [0.05, 0.1) is 0 Å². The number of hydrogen-bond acceptors (Lipinski definition) is 4. The quantitative estimate of drug-likeness (QED) is 0.684. The van der Waals surface area contributed by atoms with Gasteiger partial charge in [0.25, 0.3) is 0 Å². The second-order valence-electron chi connectivity index (χ2n) is 5.84. The molecule has 3 atom stereocenters. The third kappa shape index (κ3) is 4.78. The van der Waals surface area contributed by atoms with Gasteiger partial charge in [-0.1, -0.05) is 0 Å². The van der Waals surface area contributed by atoms with E-state index in [2.05, 4.69) is 15.5 Å². The van der Waals surface area contributed by atoms with E-state index >= 15 is 0 Å². The van der Waals surface area contributed by atoms with Crippen molar-refractivity contribution in [2.75, 3.05) is 25.1 Å². The highest BCUT2D eigenvalue weighted by Gasteiger charge is 2.32. The van der Waals surface area contributed by atoms with Crippen LogP contribution in [0.3, 0.4) is 0 Å². The second-order valence-corrected chi connectivity index (χ2v) is 6.83. The van der Waals surface area contributed by atoms with Crippen molar-refractivity contribution in [3.05, 3.63) is 0 Å². The summed E-state index contributed by atoms with van der Waals surface area (Å²) in [6.07, 6.45) is 6.77. The Hall–Kier alpha value is -0.950. The molecule has 6 nitrogen and oxygen atoms in total. The molecule has 0 saturated carbocycles. The molecule has 0 aromatic carbocycles. The normalized spacial score (nSPS) is 26.9. The lowest BCUT2D eigenvalue weighted by Gasteiger charge is -2.35. The fraction of sp³-hybridized carbons (Fsp3) is 0.857. The Morgan fingerprint density at radius 3 is 2.90 bits per heavy atom. The summed E-state index contributed by atoms with van der Waals surface area (Å²) in [5, 5.41) is 14.6. The highest BCUT2D eigenvalue weighted by molar-refractivity contribution is 7.98. The minimum atomic E-state index is -0.968. The zero-order chi connectivity index (χ0) is 15.2. The summed E-state index contributed by atoms with van der Waals surface area (Å²) in [7, 11) is 0. The SMILES string of the molecule is CSCC[C@H](NC(=O)NC1CCN2CCCC2C1)C(=O)O. The van der Waals surface area contributed by atoms with E-state index in [1.807, 2.05) is 6.26 Å². The predicted molar refractivity (Wildman–Crippen MR) is 83.7 cm³/mol. The van der Waals surface area contributed by atoms with Gasteiger partial charge in [-0.25, -0.2) is 9.59 Å². The van der Waals surface area contributed by atoms with Gasteiger partial charge in [-0.3, -0.25) is 0 Å². The molecule has 0 aromatic rings. The number of urea groups is 1. The molecular formula is C14H25N3O3S. The van der Waals surface area contributed by atoms with Crippen LogP contribution in [0.1, 0.15) is 32.1 Å². The lowest BCUT2D eigenvalue weighted by atomic mass is 9.98. The zero-order valence-corrected chi connectivity index (χ0v) is 13.3. The summed E-state index contributed by atoms with van der Waals surface area (Å²) < 4.78 is 0. The molecule has 2 amide bonds. The van der Waals surface area contributed by atoms with Crippen LogP contribution in [-0.4, -0.2) is 65.2 Å². The Balaban J connectivity index is 1.76. The number of carboxylic acids is 1. The third-order valence-electron chi connectivity index (χ3n) is 4.37. The number of nitrogens with zero attached hydrogens (tertiary/aromatic N) is 1. The molecule has 120 valence electrons. The van der Waals surface area contributed by atoms with Crippen molar-refractivity contribution in [2.24, 2.45) is 0 Å². The number of piperidine rings is 1. The maximum atomic E-state index is 12.0. The Morgan fingerprint density at radius 2 is 2.19 bits per heavy atom. The number of aliphatic carboxylic acids is 1. The fourth-order valence-corrected chi connectivity index (χ4v) is 3.71. The number of carboxylic acid groups (broad SMARTS) is 1. The lowest BCUT2D eigenvalue weighted by molar-refractivity contribution is -0.139. The molecule has 0 aliphatic carbocycles. The van der Waals surface area contributed by atoms with E-state index in [1.165, 1.54) is 19.4 Å². The molecular weight excluding hydrogens is 290 g/mol. The molecule has 3 N–H and O–H groups in total. The van der Waals surface area contributed by atoms with Crippen LogP contribution in [0.15, 0.2) is 0 Å². The van der Waals surface area contributed by atoms with Crippen molar-refractivity contribution in [3.8, 4) is 0 Å². The Kier molecular flexibility index (Phi) is 6.17. The molecule has 2 saturated heterocycles. The van der Waals surface area contributed by atoms with Crippen LogP contribution in [0.4, 0.5) is 4.79 Å². The first-order valence-electron chi connectivity index (χ1n) is 7.63. The van der Waals surface area contributed by atoms with E-state index in [1.54, 1.807) is 11.8 Å². The fourth-order valence-electron chi connectivity index (χ4n) is 3.23. The Labute approximate surface area is 130 Å². The first-order chi connectivity index (χ1) is 10.1. The van der Waals surface area contributed by atoms with Crippen molar-refractivity contribution in [2.45, 2.75) is 50.2 Å². The molecule has 0 spiro atoms. The van der Waals surface area contributed by atoms with E-state index in [9.17, 15) is 9.59 Å². The summed E-state index contributed by atoms with van der Waals surface area (Å²) in [5.41, 5.74) is 0. The van der Waals surface area contributed by atoms with Gasteiger partial charge < -0.3 is 20.6 Å². The van der Waals surface area contributed by atoms with E-state index in [0.29, 0.717) is 12.5 Å². The van der Waals surface area contributed by atoms with E-state index in [0.717, 1.165) is 25.1 Å². The Bertz CT molecular complexity index is 380. The van der Waals surface area contributed by atoms with Crippen LogP contribution in [0, 0.1) is 0 Å². The van der Waals surface area contributed by atoms with Gasteiger partial charge in [0.15, 0.2) is 0 Å². The van der Waals surface area contributed by atoms with Gasteiger partial charge in [-0.05, 0) is 50.7 Å². The van der Waals surface area contributed by atoms with Gasteiger partial charge >= 0.3 is 12.0 Å². The zero-order valence-electron chi connectivity index (χ0n) is 12.5. The van der Waals surface area contributed by atoms with Crippen molar-refractivity contribution in [1.82, 2.24) is 15.5 Å². The van der Waals surface area contributed by atoms with Gasteiger partial charge in [-0.15, -0.1) is 0 Å². The predicted octanol–water partition coefficient (Wildman–Crippen LogP) is 1.12. The van der Waals surface area contributed by atoms with Crippen molar-refractivity contribution in [3.63, 3.8) is 0 Å². The molecule has 2 rings (SSSR count). The average molecular weight is 315 g/mol. The summed E-state index contributed by atoms with van der Waals surface area (Å²) in [6, 6.07) is -0.390. The molecule has 7 heteroatoms. The van der Waals surface area contributed by atoms with Crippen LogP contribution >= 0.6 is 11.8 Å². The van der Waals surface area contributed by atoms with Crippen LogP contribution in [0.2, 0.25) is 0 Å². The first kappa shape index (κ1) is 16.4. The maximum absolute atomic E-state index is 12.0. The smallest absolute Gasteiger partial charge is 0.326 e. The van der Waals surface area contributed by atoms with Crippen molar-refractivity contribution in [1.29, 1.82) is 0 Å². The monoisotopic (exact) mass is 315 g/mol. The van der Waals surface area contributed by atoms with Gasteiger partial charge in [0, 0.05) is 18.6 Å². The van der Waals surface area contributed by atoms with Crippen LogP contribution in [0.25, 0.3) is 0 Å². The number of hydrogen-bond donors (Lipinski definition) is 3. The number of carbonyl (C=O) groups excluding carboxylic acids is 1. The summed E-state index contributed by atoms with van der Waals surface area (Å²) in [5.74, 6) is -0.248. The minimum Gasteiger partial charge on any atom is -0.480 e. The molecule has 2 fully saturated rings. The first-order valence-corrected chi connectivity index (χ1v) is 9.02. The van der Waals surface area contributed by atoms with Crippen LogP contribution in [0.5, 0.6) is 0 Å². The molecule has 21 heavy (non-hydrogen) atoms. The summed E-state index contributed by atoms with van der Waals surface area (Å²) in [4.78, 5) is 25.6.